The summed E-state index contributed by atoms with van der Waals surface area (Å²) in [5, 5.41) is 25.3. The number of nitriles is 1. The summed E-state index contributed by atoms with van der Waals surface area (Å²) in [6, 6.07) is 15.4. The predicted molar refractivity (Wildman–Crippen MR) is 138 cm³/mol. The van der Waals surface area contributed by atoms with Gasteiger partial charge < -0.3 is 19.1 Å². The lowest BCUT2D eigenvalue weighted by Crippen LogP contribution is -2.41. The van der Waals surface area contributed by atoms with Gasteiger partial charge in [-0.05, 0) is 25.3 Å². The van der Waals surface area contributed by atoms with E-state index in [1.807, 2.05) is 36.4 Å². The van der Waals surface area contributed by atoms with E-state index in [2.05, 4.69) is 10.1 Å². The molecule has 0 spiro atoms. The maximum absolute atomic E-state index is 13.9. The number of nitrogens with zero attached hydrogens (tertiary/aromatic N) is 2. The van der Waals surface area contributed by atoms with Crippen molar-refractivity contribution >= 4 is 18.5 Å². The third-order valence-corrected chi connectivity index (χ3v) is 7.98. The maximum atomic E-state index is 13.9. The number of aromatic nitrogens is 2. The molecule has 6 unspecified atom stereocenters. The highest BCUT2D eigenvalue weighted by atomic mass is 31.2. The molecule has 3 aromatic rings. The van der Waals surface area contributed by atoms with Crippen LogP contribution in [-0.4, -0.2) is 53.2 Å². The van der Waals surface area contributed by atoms with Crippen molar-refractivity contribution in [3.05, 3.63) is 75.6 Å². The van der Waals surface area contributed by atoms with E-state index in [9.17, 15) is 24.5 Å². The van der Waals surface area contributed by atoms with E-state index in [1.54, 1.807) is 19.1 Å². The molecule has 0 amide bonds. The minimum atomic E-state index is -4.09. The van der Waals surface area contributed by atoms with Crippen molar-refractivity contribution in [1.82, 2.24) is 14.6 Å². The van der Waals surface area contributed by atoms with E-state index in [-0.39, 0.29) is 6.61 Å². The van der Waals surface area contributed by atoms with E-state index in [4.69, 9.17) is 18.5 Å². The van der Waals surface area contributed by atoms with Gasteiger partial charge in [-0.2, -0.15) is 5.26 Å². The van der Waals surface area contributed by atoms with Gasteiger partial charge in [-0.1, -0.05) is 36.4 Å². The predicted octanol–water partition coefficient (Wildman–Crippen LogP) is 2.31. The van der Waals surface area contributed by atoms with Gasteiger partial charge in [-0.15, -0.1) is 0 Å². The zero-order valence-electron chi connectivity index (χ0n) is 21.1. The lowest BCUT2D eigenvalue weighted by molar-refractivity contribution is -0.0475. The zero-order valence-corrected chi connectivity index (χ0v) is 22.0. The smallest absolute Gasteiger partial charge is 0.413 e. The number of H-pyrrole nitrogens is 1. The average molecular weight is 545 g/mol. The average Bonchev–Trinajstić information content (AvgIpc) is 3.13. The Morgan fingerprint density at radius 2 is 2.00 bits per heavy atom. The molecular weight excluding hydrogens is 515 g/mol. The van der Waals surface area contributed by atoms with Crippen LogP contribution in [0.4, 0.5) is 0 Å². The number of aliphatic hydroxyl groups is 1. The van der Waals surface area contributed by atoms with Gasteiger partial charge in [0.05, 0.1) is 19.3 Å². The van der Waals surface area contributed by atoms with E-state index in [1.165, 1.54) is 20.2 Å². The number of benzene rings is 2. The van der Waals surface area contributed by atoms with Crippen LogP contribution in [0.15, 0.2) is 64.3 Å². The molecule has 1 fully saturated rings. The Hall–Kier alpha value is -3.30. The molecule has 1 aliphatic heterocycles. The normalized spacial score (nSPS) is 25.5. The molecule has 2 aromatic carbocycles. The Balaban J connectivity index is 1.60. The number of hydrogen-bond donors (Lipinski definition) is 3. The molecule has 1 saturated heterocycles. The van der Waals surface area contributed by atoms with E-state index in [0.717, 1.165) is 16.0 Å². The van der Waals surface area contributed by atoms with Crippen LogP contribution >= 0.6 is 7.75 Å². The molecule has 0 radical (unpaired) electrons. The van der Waals surface area contributed by atoms with E-state index >= 15 is 0 Å². The molecule has 12 nitrogen and oxygen atoms in total. The number of aliphatic hydroxyl groups excluding tert-OH is 1. The lowest BCUT2D eigenvalue weighted by Gasteiger charge is -2.26. The number of aromatic amines is 1. The number of fused-ring (bicyclic) bond motifs is 1. The number of methoxy groups -OCH3 is 1. The Labute approximate surface area is 218 Å². The number of nitrogens with one attached hydrogen (secondary N) is 2. The molecule has 4 rings (SSSR count). The Kier molecular flexibility index (Phi) is 8.18. The van der Waals surface area contributed by atoms with Gasteiger partial charge in [0.2, 0.25) is 0 Å². The van der Waals surface area contributed by atoms with Crippen molar-refractivity contribution < 1.29 is 28.2 Å². The first-order valence-electron chi connectivity index (χ1n) is 11.8. The van der Waals surface area contributed by atoms with Gasteiger partial charge in [0, 0.05) is 30.8 Å². The quantitative estimate of drug-likeness (QED) is 0.323. The summed E-state index contributed by atoms with van der Waals surface area (Å²) in [6.45, 7) is 2.92. The molecule has 1 aromatic heterocycles. The third-order valence-electron chi connectivity index (χ3n) is 6.30. The van der Waals surface area contributed by atoms with Gasteiger partial charge in [-0.25, -0.2) is 14.4 Å². The lowest BCUT2D eigenvalue weighted by atomic mass is 9.84. The fourth-order valence-electron chi connectivity index (χ4n) is 4.36. The van der Waals surface area contributed by atoms with Crippen LogP contribution in [0.5, 0.6) is 5.75 Å². The zero-order chi connectivity index (χ0) is 27.5. The molecule has 6 atom stereocenters. The molecule has 0 saturated carbocycles. The van der Waals surface area contributed by atoms with Crippen molar-refractivity contribution in [2.24, 2.45) is 5.41 Å². The van der Waals surface area contributed by atoms with Crippen LogP contribution in [0.25, 0.3) is 10.8 Å². The van der Waals surface area contributed by atoms with Crippen LogP contribution < -0.4 is 20.9 Å². The fraction of sp³-hybridized carbons (Fsp3) is 0.400. The highest BCUT2D eigenvalue weighted by Gasteiger charge is 2.55. The molecule has 202 valence electrons. The van der Waals surface area contributed by atoms with Crippen molar-refractivity contribution in [2.75, 3.05) is 20.3 Å². The molecule has 0 aliphatic carbocycles. The molecule has 38 heavy (non-hydrogen) atoms. The van der Waals surface area contributed by atoms with Crippen LogP contribution in [0.3, 0.4) is 0 Å². The van der Waals surface area contributed by atoms with Crippen molar-refractivity contribution in [2.45, 2.75) is 38.3 Å². The number of hydrogen-bond acceptors (Lipinski definition) is 9. The van der Waals surface area contributed by atoms with Crippen molar-refractivity contribution in [1.29, 1.82) is 5.26 Å². The van der Waals surface area contributed by atoms with Gasteiger partial charge in [0.25, 0.3) is 5.56 Å². The molecule has 1 aliphatic rings. The van der Waals surface area contributed by atoms with Gasteiger partial charge in [0.1, 0.15) is 23.4 Å². The molecule has 2 heterocycles. The first-order chi connectivity index (χ1) is 18.1. The SMILES string of the molecule is COCC(C)NP(=O)(OCC1OC(n2ccc(=O)[nH]c2=O)C(C)(C#N)C1O)Oc1cccc2ccccc12. The van der Waals surface area contributed by atoms with Crippen molar-refractivity contribution in [3.63, 3.8) is 0 Å². The minimum Gasteiger partial charge on any atom is -0.413 e. The summed E-state index contributed by atoms with van der Waals surface area (Å²) in [6.07, 6.45) is -2.66. The van der Waals surface area contributed by atoms with E-state index < -0.39 is 55.5 Å². The molecular formula is C25H29N4O8P. The first kappa shape index (κ1) is 27.7. The summed E-state index contributed by atoms with van der Waals surface area (Å²) in [5.74, 6) is 0.316. The van der Waals surface area contributed by atoms with Gasteiger partial charge >= 0.3 is 13.4 Å². The summed E-state index contributed by atoms with van der Waals surface area (Å²) < 4.78 is 37.6. The maximum Gasteiger partial charge on any atom is 0.459 e. The monoisotopic (exact) mass is 544 g/mol. The second-order valence-corrected chi connectivity index (χ2v) is 10.9. The largest absolute Gasteiger partial charge is 0.459 e. The number of rotatable bonds is 10. The van der Waals surface area contributed by atoms with Crippen LogP contribution in [-0.2, 0) is 18.6 Å². The molecule has 0 bridgehead atoms. The summed E-state index contributed by atoms with van der Waals surface area (Å²) in [5.41, 5.74) is -3.02. The second-order valence-electron chi connectivity index (χ2n) is 9.23. The Morgan fingerprint density at radius 1 is 1.26 bits per heavy atom. The van der Waals surface area contributed by atoms with Crippen molar-refractivity contribution in [3.8, 4) is 11.8 Å². The number of ether oxygens (including phenoxy) is 2. The van der Waals surface area contributed by atoms with Crippen LogP contribution in [0.1, 0.15) is 20.1 Å². The minimum absolute atomic E-state index is 0.207. The first-order valence-corrected chi connectivity index (χ1v) is 13.4. The Morgan fingerprint density at radius 3 is 2.71 bits per heavy atom. The molecule has 3 N–H and O–H groups in total. The van der Waals surface area contributed by atoms with Crippen LogP contribution in [0, 0.1) is 16.7 Å². The van der Waals surface area contributed by atoms with Crippen LogP contribution in [0.2, 0.25) is 0 Å². The Bertz CT molecular complexity index is 1500. The second kappa shape index (κ2) is 11.2. The summed E-state index contributed by atoms with van der Waals surface area (Å²) >= 11 is 0. The topological polar surface area (TPSA) is 165 Å². The van der Waals surface area contributed by atoms with E-state index in [0.29, 0.717) is 11.1 Å². The van der Waals surface area contributed by atoms with Gasteiger partial charge in [-0.3, -0.25) is 18.9 Å². The highest BCUT2D eigenvalue weighted by Crippen LogP contribution is 2.49. The fourth-order valence-corrected chi connectivity index (χ4v) is 5.91. The summed E-state index contributed by atoms with van der Waals surface area (Å²) in [7, 11) is -2.59. The molecule has 13 heteroatoms. The standard InChI is InChI=1S/C25H29N4O8P/c1-16(13-34-3)28-38(33,37-19-10-6-8-17-7-4-5-9-18(17)19)35-14-20-22(31)25(2,15-26)23(36-20)29-12-11-21(30)27-24(29)32/h4-12,16,20,22-23,31H,13-14H2,1-3H3,(H,28,33)(H,27,30,32). The third kappa shape index (κ3) is 5.59. The summed E-state index contributed by atoms with van der Waals surface area (Å²) in [4.78, 5) is 26.0. The van der Waals surface area contributed by atoms with Gasteiger partial charge in [0.15, 0.2) is 6.23 Å². The highest BCUT2D eigenvalue weighted by molar-refractivity contribution is 7.52.